The average Bonchev–Trinajstić information content (AvgIpc) is 2.43. The van der Waals surface area contributed by atoms with E-state index in [0.717, 1.165) is 38.8 Å². The van der Waals surface area contributed by atoms with Gasteiger partial charge in [-0.1, -0.05) is 71.6 Å². The van der Waals surface area contributed by atoms with Gasteiger partial charge in [0.15, 0.2) is 0 Å². The van der Waals surface area contributed by atoms with Crippen molar-refractivity contribution in [1.29, 1.82) is 0 Å². The van der Waals surface area contributed by atoms with Crippen LogP contribution in [0.3, 0.4) is 0 Å². The van der Waals surface area contributed by atoms with Crippen LogP contribution >= 0.6 is 0 Å². The van der Waals surface area contributed by atoms with Crippen LogP contribution in [-0.2, 0) is 4.79 Å². The standard InChI is InChI=1S/C18H36N2O/c1-3-5-6-7-8-9-10-11-12-13-17(21)20-15-18(19,16-20)14-4-2/h3-16,19H2,1-2H3. The predicted octanol–water partition coefficient (Wildman–Crippen LogP) is 4.25. The van der Waals surface area contributed by atoms with Crippen LogP contribution < -0.4 is 5.73 Å². The van der Waals surface area contributed by atoms with Gasteiger partial charge in [-0.15, -0.1) is 0 Å². The van der Waals surface area contributed by atoms with Crippen LogP contribution in [0.1, 0.15) is 90.9 Å². The second kappa shape index (κ2) is 10.2. The Labute approximate surface area is 131 Å². The first-order valence-electron chi connectivity index (χ1n) is 9.18. The van der Waals surface area contributed by atoms with Gasteiger partial charge in [-0.2, -0.15) is 0 Å². The minimum Gasteiger partial charge on any atom is -0.339 e. The van der Waals surface area contributed by atoms with Crippen LogP contribution in [0.25, 0.3) is 0 Å². The van der Waals surface area contributed by atoms with Gasteiger partial charge in [0.05, 0.1) is 5.54 Å². The maximum atomic E-state index is 12.0. The van der Waals surface area contributed by atoms with Crippen LogP contribution in [0.4, 0.5) is 0 Å². The first-order chi connectivity index (χ1) is 10.1. The normalized spacial score (nSPS) is 16.8. The number of hydrogen-bond donors (Lipinski definition) is 1. The fraction of sp³-hybridized carbons (Fsp3) is 0.944. The number of amides is 1. The monoisotopic (exact) mass is 296 g/mol. The molecule has 0 aromatic carbocycles. The highest BCUT2D eigenvalue weighted by Crippen LogP contribution is 2.24. The highest BCUT2D eigenvalue weighted by atomic mass is 16.2. The molecule has 1 heterocycles. The van der Waals surface area contributed by atoms with E-state index in [1.165, 1.54) is 51.4 Å². The lowest BCUT2D eigenvalue weighted by molar-refractivity contribution is -0.139. The Bertz CT molecular complexity index is 285. The molecule has 1 aliphatic rings. The van der Waals surface area contributed by atoms with Gasteiger partial charge in [0.1, 0.15) is 0 Å². The van der Waals surface area contributed by atoms with Crippen LogP contribution in [0.5, 0.6) is 0 Å². The zero-order chi connectivity index (χ0) is 15.6. The summed E-state index contributed by atoms with van der Waals surface area (Å²) < 4.78 is 0. The molecule has 124 valence electrons. The van der Waals surface area contributed by atoms with Crippen molar-refractivity contribution in [3.05, 3.63) is 0 Å². The van der Waals surface area contributed by atoms with Crippen LogP contribution in [0.2, 0.25) is 0 Å². The molecule has 3 nitrogen and oxygen atoms in total. The van der Waals surface area contributed by atoms with Gasteiger partial charge < -0.3 is 10.6 Å². The Hall–Kier alpha value is -0.570. The van der Waals surface area contributed by atoms with E-state index in [9.17, 15) is 4.79 Å². The van der Waals surface area contributed by atoms with E-state index in [-0.39, 0.29) is 5.54 Å². The number of likely N-dealkylation sites (tertiary alicyclic amines) is 1. The Morgan fingerprint density at radius 1 is 0.905 bits per heavy atom. The van der Waals surface area contributed by atoms with Gasteiger partial charge in [0.25, 0.3) is 0 Å². The van der Waals surface area contributed by atoms with E-state index in [1.54, 1.807) is 0 Å². The number of rotatable bonds is 12. The molecule has 0 aromatic heterocycles. The van der Waals surface area contributed by atoms with Gasteiger partial charge >= 0.3 is 0 Å². The number of nitrogens with zero attached hydrogens (tertiary/aromatic N) is 1. The van der Waals surface area contributed by atoms with Gasteiger partial charge in [-0.3, -0.25) is 4.79 Å². The second-order valence-electron chi connectivity index (χ2n) is 6.94. The SMILES string of the molecule is CCCCCCCCCCCC(=O)N1CC(N)(CCC)C1. The topological polar surface area (TPSA) is 46.3 Å². The first-order valence-corrected chi connectivity index (χ1v) is 9.18. The maximum Gasteiger partial charge on any atom is 0.222 e. The Morgan fingerprint density at radius 2 is 1.43 bits per heavy atom. The molecular formula is C18H36N2O. The summed E-state index contributed by atoms with van der Waals surface area (Å²) >= 11 is 0. The zero-order valence-corrected chi connectivity index (χ0v) is 14.3. The third-order valence-corrected chi connectivity index (χ3v) is 4.61. The largest absolute Gasteiger partial charge is 0.339 e. The van der Waals surface area contributed by atoms with Crippen molar-refractivity contribution in [2.45, 2.75) is 96.4 Å². The van der Waals surface area contributed by atoms with E-state index in [1.807, 2.05) is 4.90 Å². The van der Waals surface area contributed by atoms with E-state index < -0.39 is 0 Å². The number of hydrogen-bond acceptors (Lipinski definition) is 2. The summed E-state index contributed by atoms with van der Waals surface area (Å²) in [5.74, 6) is 0.315. The Balaban J connectivity index is 1.91. The Kier molecular flexibility index (Phi) is 8.98. The maximum absolute atomic E-state index is 12.0. The molecule has 0 radical (unpaired) electrons. The van der Waals surface area contributed by atoms with Crippen molar-refractivity contribution >= 4 is 5.91 Å². The van der Waals surface area contributed by atoms with Crippen molar-refractivity contribution in [2.24, 2.45) is 5.73 Å². The van der Waals surface area contributed by atoms with E-state index in [4.69, 9.17) is 5.73 Å². The van der Waals surface area contributed by atoms with Gasteiger partial charge in [0.2, 0.25) is 5.91 Å². The third-order valence-electron chi connectivity index (χ3n) is 4.61. The molecule has 1 aliphatic heterocycles. The number of nitrogens with two attached hydrogens (primary N) is 1. The van der Waals surface area contributed by atoms with E-state index in [0.29, 0.717) is 5.91 Å². The number of carbonyl (C=O) groups is 1. The predicted molar refractivity (Wildman–Crippen MR) is 90.3 cm³/mol. The summed E-state index contributed by atoms with van der Waals surface area (Å²) in [6, 6.07) is 0. The third kappa shape index (κ3) is 7.30. The summed E-state index contributed by atoms with van der Waals surface area (Å²) in [6.07, 6.45) is 14.6. The molecule has 1 amide bonds. The van der Waals surface area contributed by atoms with Crippen molar-refractivity contribution < 1.29 is 4.79 Å². The lowest BCUT2D eigenvalue weighted by Crippen LogP contribution is -2.68. The van der Waals surface area contributed by atoms with Crippen LogP contribution in [0, 0.1) is 0 Å². The lowest BCUT2D eigenvalue weighted by Gasteiger charge is -2.48. The summed E-state index contributed by atoms with van der Waals surface area (Å²) in [5, 5.41) is 0. The van der Waals surface area contributed by atoms with Crippen molar-refractivity contribution in [1.82, 2.24) is 4.90 Å². The van der Waals surface area contributed by atoms with Gasteiger partial charge in [0, 0.05) is 19.5 Å². The molecule has 0 aliphatic carbocycles. The lowest BCUT2D eigenvalue weighted by atomic mass is 9.86. The van der Waals surface area contributed by atoms with Gasteiger partial charge in [-0.05, 0) is 12.8 Å². The highest BCUT2D eigenvalue weighted by Gasteiger charge is 2.40. The summed E-state index contributed by atoms with van der Waals surface area (Å²) in [7, 11) is 0. The molecule has 0 saturated carbocycles. The first kappa shape index (κ1) is 18.5. The fourth-order valence-corrected chi connectivity index (χ4v) is 3.29. The summed E-state index contributed by atoms with van der Waals surface area (Å²) in [4.78, 5) is 13.9. The van der Waals surface area contributed by atoms with Crippen LogP contribution in [-0.4, -0.2) is 29.4 Å². The minimum atomic E-state index is -0.0805. The molecule has 1 saturated heterocycles. The highest BCUT2D eigenvalue weighted by molar-refractivity contribution is 5.77. The molecule has 0 spiro atoms. The van der Waals surface area contributed by atoms with Crippen LogP contribution in [0.15, 0.2) is 0 Å². The molecule has 1 fully saturated rings. The zero-order valence-electron chi connectivity index (χ0n) is 14.3. The molecule has 2 N–H and O–H groups in total. The van der Waals surface area contributed by atoms with Crippen molar-refractivity contribution in [3.63, 3.8) is 0 Å². The smallest absolute Gasteiger partial charge is 0.222 e. The Morgan fingerprint density at radius 3 is 1.95 bits per heavy atom. The second-order valence-corrected chi connectivity index (χ2v) is 6.94. The molecule has 0 aromatic rings. The average molecular weight is 296 g/mol. The number of carbonyl (C=O) groups excluding carboxylic acids is 1. The minimum absolute atomic E-state index is 0.0805. The molecule has 0 bridgehead atoms. The summed E-state index contributed by atoms with van der Waals surface area (Å²) in [5.41, 5.74) is 6.11. The molecule has 21 heavy (non-hydrogen) atoms. The van der Waals surface area contributed by atoms with E-state index in [2.05, 4.69) is 13.8 Å². The van der Waals surface area contributed by atoms with Crippen molar-refractivity contribution in [3.8, 4) is 0 Å². The molecule has 3 heteroatoms. The van der Waals surface area contributed by atoms with Gasteiger partial charge in [-0.25, -0.2) is 0 Å². The van der Waals surface area contributed by atoms with E-state index >= 15 is 0 Å². The molecule has 1 rings (SSSR count). The van der Waals surface area contributed by atoms with Crippen molar-refractivity contribution in [2.75, 3.05) is 13.1 Å². The number of unbranched alkanes of at least 4 members (excludes halogenated alkanes) is 8. The fourth-order valence-electron chi connectivity index (χ4n) is 3.29. The molecule has 0 atom stereocenters. The summed E-state index contributed by atoms with van der Waals surface area (Å²) in [6.45, 7) is 5.96. The quantitative estimate of drug-likeness (QED) is 0.547. The molecule has 0 unspecified atom stereocenters. The molecular weight excluding hydrogens is 260 g/mol.